The van der Waals surface area contributed by atoms with Crippen LogP contribution in [0.15, 0.2) is 68.7 Å². The normalized spacial score (nSPS) is 12.5. The molecule has 144 valence electrons. The van der Waals surface area contributed by atoms with E-state index >= 15 is 0 Å². The van der Waals surface area contributed by atoms with Crippen molar-refractivity contribution >= 4 is 48.1 Å². The van der Waals surface area contributed by atoms with E-state index in [0.29, 0.717) is 26.7 Å². The van der Waals surface area contributed by atoms with E-state index in [1.807, 2.05) is 30.3 Å². The van der Waals surface area contributed by atoms with Crippen molar-refractivity contribution in [1.29, 1.82) is 0 Å². The molecule has 1 heterocycles. The van der Waals surface area contributed by atoms with Crippen molar-refractivity contribution in [1.82, 2.24) is 0 Å². The lowest BCUT2D eigenvalue weighted by atomic mass is 9.87. The minimum Gasteiger partial charge on any atom is -0.413 e. The summed E-state index contributed by atoms with van der Waals surface area (Å²) >= 11 is 0.951. The Balaban J connectivity index is 1.81. The molecule has 0 saturated heterocycles. The van der Waals surface area contributed by atoms with Gasteiger partial charge in [-0.3, -0.25) is 4.72 Å². The van der Waals surface area contributed by atoms with Gasteiger partial charge in [0.25, 0.3) is 10.0 Å². The first kappa shape index (κ1) is 18.7. The topological polar surface area (TPSA) is 76.4 Å². The van der Waals surface area contributed by atoms with Gasteiger partial charge in [0.1, 0.15) is 0 Å². The highest BCUT2D eigenvalue weighted by atomic mass is 32.2. The molecule has 0 spiro atoms. The van der Waals surface area contributed by atoms with Crippen molar-refractivity contribution in [3.8, 4) is 0 Å². The van der Waals surface area contributed by atoms with E-state index in [-0.39, 0.29) is 10.3 Å². The highest BCUT2D eigenvalue weighted by Gasteiger charge is 2.20. The van der Waals surface area contributed by atoms with Gasteiger partial charge in [0.2, 0.25) is 0 Å². The third-order valence-corrected chi connectivity index (χ3v) is 6.77. The molecule has 0 unspecified atom stereocenters. The molecule has 0 fully saturated rings. The molecular formula is C21H19NO4S2. The Kier molecular flexibility index (Phi) is 4.32. The zero-order valence-corrected chi connectivity index (χ0v) is 17.3. The van der Waals surface area contributed by atoms with Crippen LogP contribution in [0.3, 0.4) is 0 Å². The van der Waals surface area contributed by atoms with E-state index in [4.69, 9.17) is 4.42 Å². The van der Waals surface area contributed by atoms with Crippen LogP contribution in [-0.4, -0.2) is 8.42 Å². The summed E-state index contributed by atoms with van der Waals surface area (Å²) in [7, 11) is -3.78. The van der Waals surface area contributed by atoms with Gasteiger partial charge < -0.3 is 4.42 Å². The quantitative estimate of drug-likeness (QED) is 0.507. The van der Waals surface area contributed by atoms with Crippen LogP contribution in [-0.2, 0) is 15.4 Å². The zero-order valence-electron chi connectivity index (χ0n) is 15.6. The molecule has 3 aromatic carbocycles. The molecule has 1 aromatic heterocycles. The molecule has 28 heavy (non-hydrogen) atoms. The Morgan fingerprint density at radius 1 is 0.964 bits per heavy atom. The smallest absolute Gasteiger partial charge is 0.396 e. The number of nitrogens with one attached hydrogen (secondary N) is 1. The Morgan fingerprint density at radius 3 is 2.25 bits per heavy atom. The van der Waals surface area contributed by atoms with Crippen LogP contribution in [0.25, 0.3) is 21.1 Å². The first-order valence-corrected chi connectivity index (χ1v) is 11.0. The van der Waals surface area contributed by atoms with Gasteiger partial charge in [-0.25, -0.2) is 13.2 Å². The van der Waals surface area contributed by atoms with Gasteiger partial charge in [0, 0.05) is 10.8 Å². The van der Waals surface area contributed by atoms with Gasteiger partial charge in [0.15, 0.2) is 5.58 Å². The summed E-state index contributed by atoms with van der Waals surface area (Å²) in [6.45, 7) is 6.23. The van der Waals surface area contributed by atoms with Gasteiger partial charge in [-0.2, -0.15) is 0 Å². The van der Waals surface area contributed by atoms with Crippen LogP contribution in [0.5, 0.6) is 0 Å². The fraction of sp³-hybridized carbons (Fsp3) is 0.190. The molecule has 0 aliphatic heterocycles. The Hall–Kier alpha value is -2.64. The summed E-state index contributed by atoms with van der Waals surface area (Å²) in [6, 6.07) is 15.8. The predicted octanol–water partition coefficient (Wildman–Crippen LogP) is 5.11. The second-order valence-electron chi connectivity index (χ2n) is 7.63. The fourth-order valence-electron chi connectivity index (χ4n) is 3.12. The molecule has 0 aliphatic carbocycles. The van der Waals surface area contributed by atoms with Crippen molar-refractivity contribution in [2.45, 2.75) is 31.1 Å². The maximum absolute atomic E-state index is 13.0. The summed E-state index contributed by atoms with van der Waals surface area (Å²) in [5.74, 6) is 0. The van der Waals surface area contributed by atoms with Crippen LogP contribution in [0.4, 0.5) is 5.69 Å². The van der Waals surface area contributed by atoms with Crippen LogP contribution in [0.1, 0.15) is 26.3 Å². The first-order chi connectivity index (χ1) is 13.1. The summed E-state index contributed by atoms with van der Waals surface area (Å²) in [4.78, 5) is 11.4. The van der Waals surface area contributed by atoms with E-state index in [2.05, 4.69) is 25.5 Å². The zero-order chi connectivity index (χ0) is 20.1. The molecule has 0 atom stereocenters. The molecule has 5 nitrogen and oxygen atoms in total. The molecule has 4 aromatic rings. The number of hydrogen-bond donors (Lipinski definition) is 1. The minimum absolute atomic E-state index is 0.0599. The van der Waals surface area contributed by atoms with Crippen LogP contribution in [0, 0.1) is 0 Å². The Bertz CT molecular complexity index is 1340. The minimum atomic E-state index is -3.78. The number of benzene rings is 3. The molecule has 0 bridgehead atoms. The maximum atomic E-state index is 13.0. The SMILES string of the molecule is CC(C)(C)c1ccc(S(=O)(=O)Nc2cc3sc(=O)oc3c3ccccc23)cc1. The monoisotopic (exact) mass is 413 g/mol. The van der Waals surface area contributed by atoms with Crippen molar-refractivity contribution < 1.29 is 12.8 Å². The van der Waals surface area contributed by atoms with Gasteiger partial charge >= 0.3 is 4.94 Å². The van der Waals surface area contributed by atoms with Gasteiger partial charge in [-0.15, -0.1) is 0 Å². The average Bonchev–Trinajstić information content (AvgIpc) is 3.01. The van der Waals surface area contributed by atoms with Gasteiger partial charge in [-0.05, 0) is 29.2 Å². The van der Waals surface area contributed by atoms with Crippen LogP contribution < -0.4 is 9.66 Å². The van der Waals surface area contributed by atoms with Crippen molar-refractivity contribution in [3.05, 3.63) is 69.9 Å². The van der Waals surface area contributed by atoms with Crippen LogP contribution >= 0.6 is 11.3 Å². The highest BCUT2D eigenvalue weighted by molar-refractivity contribution is 7.92. The molecule has 0 saturated carbocycles. The second-order valence-corrected chi connectivity index (χ2v) is 10.3. The Labute approximate surface area is 166 Å². The molecule has 0 amide bonds. The third kappa shape index (κ3) is 3.31. The number of fused-ring (bicyclic) bond motifs is 3. The largest absolute Gasteiger partial charge is 0.413 e. The van der Waals surface area contributed by atoms with E-state index in [1.165, 1.54) is 0 Å². The average molecular weight is 414 g/mol. The molecule has 4 rings (SSSR count). The van der Waals surface area contributed by atoms with E-state index in [1.54, 1.807) is 24.3 Å². The summed E-state index contributed by atoms with van der Waals surface area (Å²) in [5, 5.41) is 1.37. The third-order valence-electron chi connectivity index (χ3n) is 4.61. The summed E-state index contributed by atoms with van der Waals surface area (Å²) in [5.41, 5.74) is 1.89. The number of anilines is 1. The first-order valence-electron chi connectivity index (χ1n) is 8.74. The van der Waals surface area contributed by atoms with Gasteiger partial charge in [-0.1, -0.05) is 68.5 Å². The Morgan fingerprint density at radius 2 is 1.61 bits per heavy atom. The molecule has 0 radical (unpaired) electrons. The van der Waals surface area contributed by atoms with Gasteiger partial charge in [0.05, 0.1) is 15.3 Å². The summed E-state index contributed by atoms with van der Waals surface area (Å²) < 4.78 is 34.5. The van der Waals surface area contributed by atoms with E-state index < -0.39 is 15.0 Å². The van der Waals surface area contributed by atoms with E-state index in [9.17, 15) is 13.2 Å². The summed E-state index contributed by atoms with van der Waals surface area (Å²) in [6.07, 6.45) is 0. The number of sulfonamides is 1. The number of hydrogen-bond acceptors (Lipinski definition) is 5. The molecular weight excluding hydrogens is 394 g/mol. The standard InChI is InChI=1S/C21H19NO4S2/c1-21(2,3)13-8-10-14(11-9-13)28(24,25)22-17-12-18-19(26-20(23)27-18)16-7-5-4-6-15(16)17/h4-12,22H,1-3H3. The maximum Gasteiger partial charge on any atom is 0.396 e. The molecule has 1 N–H and O–H groups in total. The van der Waals surface area contributed by atoms with Crippen molar-refractivity contribution in [2.75, 3.05) is 4.72 Å². The van der Waals surface area contributed by atoms with Crippen molar-refractivity contribution in [2.24, 2.45) is 0 Å². The second kappa shape index (κ2) is 6.46. The predicted molar refractivity (Wildman–Crippen MR) is 114 cm³/mol. The lowest BCUT2D eigenvalue weighted by Gasteiger charge is -2.19. The lowest BCUT2D eigenvalue weighted by Crippen LogP contribution is -2.15. The lowest BCUT2D eigenvalue weighted by molar-refractivity contribution is 0.587. The van der Waals surface area contributed by atoms with E-state index in [0.717, 1.165) is 16.9 Å². The number of rotatable bonds is 3. The van der Waals surface area contributed by atoms with Crippen molar-refractivity contribution in [3.63, 3.8) is 0 Å². The molecule has 7 heteroatoms. The fourth-order valence-corrected chi connectivity index (χ4v) is 4.92. The van der Waals surface area contributed by atoms with Crippen LogP contribution in [0.2, 0.25) is 0 Å². The highest BCUT2D eigenvalue weighted by Crippen LogP contribution is 2.34. The molecule has 0 aliphatic rings.